The largest absolute Gasteiger partial charge is 0.311 e. The van der Waals surface area contributed by atoms with E-state index in [2.05, 4.69) is 166 Å². The predicted octanol–water partition coefficient (Wildman–Crippen LogP) is 12.8. The van der Waals surface area contributed by atoms with Crippen LogP contribution in [0.5, 0.6) is 0 Å². The third-order valence-electron chi connectivity index (χ3n) is 14.3. The highest BCUT2D eigenvalue weighted by Gasteiger charge is 2.61. The highest BCUT2D eigenvalue weighted by molar-refractivity contribution is 5.72. The molecule has 3 aromatic rings. The third-order valence-corrected chi connectivity index (χ3v) is 14.3. The molecule has 0 radical (unpaired) electrons. The van der Waals surface area contributed by atoms with Crippen LogP contribution in [0.4, 0.5) is 11.4 Å². The van der Waals surface area contributed by atoms with Gasteiger partial charge in [0.1, 0.15) is 0 Å². The Labute approximate surface area is 300 Å². The van der Waals surface area contributed by atoms with Gasteiger partial charge in [0.25, 0.3) is 0 Å². The molecule has 0 heterocycles. The molecule has 9 rings (SSSR count). The van der Waals surface area contributed by atoms with Gasteiger partial charge in [-0.2, -0.15) is 0 Å². The van der Waals surface area contributed by atoms with Crippen molar-refractivity contribution in [2.45, 2.75) is 89.9 Å². The summed E-state index contributed by atoms with van der Waals surface area (Å²) in [5.41, 5.74) is 11.9. The third kappa shape index (κ3) is 4.94. The van der Waals surface area contributed by atoms with Gasteiger partial charge in [-0.3, -0.25) is 0 Å². The Morgan fingerprint density at radius 1 is 0.780 bits per heavy atom. The molecule has 254 valence electrons. The molecule has 50 heavy (non-hydrogen) atoms. The van der Waals surface area contributed by atoms with E-state index in [0.717, 1.165) is 18.8 Å². The first-order chi connectivity index (χ1) is 24.3. The number of hydrogen-bond donors (Lipinski definition) is 0. The Balaban J connectivity index is 1.04. The molecule has 0 spiro atoms. The van der Waals surface area contributed by atoms with E-state index >= 15 is 0 Å². The lowest BCUT2D eigenvalue weighted by molar-refractivity contribution is 0.0804. The fourth-order valence-corrected chi connectivity index (χ4v) is 11.7. The van der Waals surface area contributed by atoms with E-state index in [4.69, 9.17) is 0 Å². The van der Waals surface area contributed by atoms with Crippen molar-refractivity contribution in [3.05, 3.63) is 167 Å². The number of benzene rings is 3. The highest BCUT2D eigenvalue weighted by atomic mass is 15.1. The van der Waals surface area contributed by atoms with Gasteiger partial charge in [0.15, 0.2) is 0 Å². The molecule has 1 heteroatoms. The van der Waals surface area contributed by atoms with Gasteiger partial charge in [-0.05, 0) is 113 Å². The van der Waals surface area contributed by atoms with Crippen molar-refractivity contribution in [3.63, 3.8) is 0 Å². The lowest BCUT2D eigenvalue weighted by Crippen LogP contribution is -2.36. The average Bonchev–Trinajstić information content (AvgIpc) is 3.49. The number of allylic oxidation sites excluding steroid dienone is 11. The second kappa shape index (κ2) is 12.0. The van der Waals surface area contributed by atoms with Gasteiger partial charge in [0, 0.05) is 34.3 Å². The fraction of sp³-hybridized carbons (Fsp3) is 0.388. The Kier molecular flexibility index (Phi) is 7.65. The normalized spacial score (nSPS) is 32.8. The van der Waals surface area contributed by atoms with Gasteiger partial charge in [0.2, 0.25) is 0 Å². The molecule has 2 saturated carbocycles. The molecule has 6 aliphatic rings. The van der Waals surface area contributed by atoms with Gasteiger partial charge < -0.3 is 4.90 Å². The van der Waals surface area contributed by atoms with Gasteiger partial charge in [-0.1, -0.05) is 149 Å². The topological polar surface area (TPSA) is 3.24 Å². The molecule has 6 unspecified atom stereocenters. The molecule has 6 aliphatic carbocycles. The summed E-state index contributed by atoms with van der Waals surface area (Å²) in [7, 11) is 0. The highest BCUT2D eigenvalue weighted by Crippen LogP contribution is 2.68. The van der Waals surface area contributed by atoms with Crippen molar-refractivity contribution in [3.8, 4) is 0 Å². The number of anilines is 2. The Morgan fingerprint density at radius 3 is 2.38 bits per heavy atom. The van der Waals surface area contributed by atoms with E-state index in [1.165, 1.54) is 54.7 Å². The molecule has 3 aromatic carbocycles. The number of fused-ring (bicyclic) bond motifs is 6. The fourth-order valence-electron chi connectivity index (χ4n) is 11.7. The van der Waals surface area contributed by atoms with Crippen LogP contribution in [0.2, 0.25) is 0 Å². The van der Waals surface area contributed by atoms with E-state index in [0.29, 0.717) is 29.1 Å². The van der Waals surface area contributed by atoms with E-state index in [-0.39, 0.29) is 10.8 Å². The second-order valence-corrected chi connectivity index (χ2v) is 17.2. The van der Waals surface area contributed by atoms with Crippen molar-refractivity contribution in [1.29, 1.82) is 0 Å². The summed E-state index contributed by atoms with van der Waals surface area (Å²) < 4.78 is 0. The van der Waals surface area contributed by atoms with Crippen molar-refractivity contribution in [2.75, 3.05) is 4.90 Å². The van der Waals surface area contributed by atoms with Gasteiger partial charge in [-0.25, -0.2) is 0 Å². The van der Waals surface area contributed by atoms with Crippen LogP contribution >= 0.6 is 0 Å². The summed E-state index contributed by atoms with van der Waals surface area (Å²) in [6.07, 6.45) is 32.7. The molecule has 0 bridgehead atoms. The summed E-state index contributed by atoms with van der Waals surface area (Å²) in [6, 6.07) is 27.9. The SMILES string of the molecule is CC1(C)C2=CC(N(c3ccccc3)c3ccc(C4C=CC=CC4)cc3)=CCC2c2ccc(C[C@@H]3C4(C)C=CC=CC4C4CCCCC43C)cc21. The zero-order chi connectivity index (χ0) is 34.1. The first-order valence-corrected chi connectivity index (χ1v) is 19.5. The maximum atomic E-state index is 2.66. The Morgan fingerprint density at radius 2 is 1.58 bits per heavy atom. The van der Waals surface area contributed by atoms with Crippen LogP contribution in [-0.4, -0.2) is 0 Å². The van der Waals surface area contributed by atoms with E-state index < -0.39 is 0 Å². The maximum Gasteiger partial charge on any atom is 0.0461 e. The van der Waals surface area contributed by atoms with Crippen LogP contribution in [0.15, 0.2) is 145 Å². The number of hydrogen-bond acceptors (Lipinski definition) is 1. The molecule has 1 nitrogen and oxygen atoms in total. The molecule has 0 aliphatic heterocycles. The molecule has 0 N–H and O–H groups in total. The zero-order valence-corrected chi connectivity index (χ0v) is 30.5. The van der Waals surface area contributed by atoms with Crippen LogP contribution in [-0.2, 0) is 11.8 Å². The summed E-state index contributed by atoms with van der Waals surface area (Å²) in [6.45, 7) is 10.2. The van der Waals surface area contributed by atoms with Crippen LogP contribution in [0.25, 0.3) is 0 Å². The lowest BCUT2D eigenvalue weighted by Gasteiger charge is -2.43. The molecule has 0 aromatic heterocycles. The van der Waals surface area contributed by atoms with Crippen molar-refractivity contribution in [2.24, 2.45) is 28.6 Å². The molecule has 7 atom stereocenters. The van der Waals surface area contributed by atoms with Gasteiger partial charge in [-0.15, -0.1) is 0 Å². The minimum atomic E-state index is -0.0184. The van der Waals surface area contributed by atoms with Crippen LogP contribution < -0.4 is 4.90 Å². The summed E-state index contributed by atoms with van der Waals surface area (Å²) in [5.74, 6) is 3.06. The Hall–Kier alpha value is -4.10. The number of rotatable bonds is 6. The van der Waals surface area contributed by atoms with E-state index in [1.807, 2.05) is 0 Å². The van der Waals surface area contributed by atoms with Gasteiger partial charge >= 0.3 is 0 Å². The standard InChI is InChI=1S/C49H53N/c1-47(2)44-31-34(32-46-48(3)29-13-11-19-42(48)43-20-12-14-30-49(43,46)4)21-27-40(44)41-28-26-39(33-45(41)47)50(37-17-9-6-10-18-37)38-24-22-36(23-25-38)35-15-7-5-8-16-35/h5-11,13,15,17-19,21-27,29,31,33,35,41-43,46H,12,14,16,20,28,30,32H2,1-4H3/t35?,41?,42?,43?,46-,48?,49?/m1/s1. The van der Waals surface area contributed by atoms with Crippen molar-refractivity contribution < 1.29 is 0 Å². The lowest BCUT2D eigenvalue weighted by atomic mass is 9.61. The number of nitrogens with zero attached hydrogens (tertiary/aromatic N) is 1. The predicted molar refractivity (Wildman–Crippen MR) is 211 cm³/mol. The molecular weight excluding hydrogens is 603 g/mol. The smallest absolute Gasteiger partial charge is 0.0461 e. The van der Waals surface area contributed by atoms with Crippen LogP contribution in [0.3, 0.4) is 0 Å². The van der Waals surface area contributed by atoms with Crippen LogP contribution in [0.1, 0.15) is 100 Å². The van der Waals surface area contributed by atoms with Crippen molar-refractivity contribution in [1.82, 2.24) is 0 Å². The summed E-state index contributed by atoms with van der Waals surface area (Å²) in [5, 5.41) is 0. The number of para-hydroxylation sites is 1. The van der Waals surface area contributed by atoms with E-state index in [1.54, 1.807) is 22.3 Å². The van der Waals surface area contributed by atoms with Crippen LogP contribution in [0, 0.1) is 28.6 Å². The molecule has 2 fully saturated rings. The minimum Gasteiger partial charge on any atom is -0.311 e. The van der Waals surface area contributed by atoms with Gasteiger partial charge in [0.05, 0.1) is 0 Å². The van der Waals surface area contributed by atoms with E-state index in [9.17, 15) is 0 Å². The monoisotopic (exact) mass is 655 g/mol. The summed E-state index contributed by atoms with van der Waals surface area (Å²) >= 11 is 0. The molecule has 0 amide bonds. The summed E-state index contributed by atoms with van der Waals surface area (Å²) in [4.78, 5) is 2.47. The maximum absolute atomic E-state index is 2.66. The quantitative estimate of drug-likeness (QED) is 0.255. The zero-order valence-electron chi connectivity index (χ0n) is 30.5. The average molecular weight is 656 g/mol. The first-order valence-electron chi connectivity index (χ1n) is 19.5. The van der Waals surface area contributed by atoms with Crippen molar-refractivity contribution >= 4 is 11.4 Å². The Bertz CT molecular complexity index is 1960. The first kappa shape index (κ1) is 31.9. The molecular formula is C49H53N. The molecule has 0 saturated heterocycles. The second-order valence-electron chi connectivity index (χ2n) is 17.2. The minimum absolute atomic E-state index is 0.0184.